The molecular formula is C16H20O2. The summed E-state index contributed by atoms with van der Waals surface area (Å²) < 4.78 is 11.7. The van der Waals surface area contributed by atoms with Crippen LogP contribution in [-0.4, -0.2) is 13.2 Å². The number of ether oxygens (including phenoxy) is 2. The van der Waals surface area contributed by atoms with Gasteiger partial charge in [-0.1, -0.05) is 25.5 Å². The zero-order valence-corrected chi connectivity index (χ0v) is 11.1. The van der Waals surface area contributed by atoms with Gasteiger partial charge in [0.2, 0.25) is 0 Å². The predicted molar refractivity (Wildman–Crippen MR) is 70.1 cm³/mol. The molecule has 2 bridgehead atoms. The summed E-state index contributed by atoms with van der Waals surface area (Å²) in [6, 6.07) is 6.37. The van der Waals surface area contributed by atoms with Crippen LogP contribution in [0.5, 0.6) is 11.5 Å². The zero-order valence-electron chi connectivity index (χ0n) is 11.1. The predicted octanol–water partition coefficient (Wildman–Crippen LogP) is 3.61. The molecule has 2 saturated carbocycles. The fourth-order valence-electron chi connectivity index (χ4n) is 4.71. The summed E-state index contributed by atoms with van der Waals surface area (Å²) in [6.07, 6.45) is 4.51. The number of methoxy groups -OCH3 is 1. The van der Waals surface area contributed by atoms with E-state index in [9.17, 15) is 0 Å². The Morgan fingerprint density at radius 2 is 2.22 bits per heavy atom. The van der Waals surface area contributed by atoms with E-state index in [1.165, 1.54) is 24.8 Å². The van der Waals surface area contributed by atoms with Gasteiger partial charge in [0.15, 0.2) is 11.5 Å². The molecule has 18 heavy (non-hydrogen) atoms. The summed E-state index contributed by atoms with van der Waals surface area (Å²) >= 11 is 0. The van der Waals surface area contributed by atoms with E-state index in [1.54, 1.807) is 7.11 Å². The summed E-state index contributed by atoms with van der Waals surface area (Å²) in [5.74, 6) is 5.12. The molecule has 2 aliphatic carbocycles. The van der Waals surface area contributed by atoms with E-state index in [4.69, 9.17) is 9.47 Å². The van der Waals surface area contributed by atoms with Crippen molar-refractivity contribution in [2.45, 2.75) is 38.2 Å². The highest BCUT2D eigenvalue weighted by Crippen LogP contribution is 2.63. The van der Waals surface area contributed by atoms with Crippen molar-refractivity contribution in [1.82, 2.24) is 0 Å². The number of hydrogen-bond acceptors (Lipinski definition) is 2. The molecule has 0 radical (unpaired) electrons. The van der Waals surface area contributed by atoms with Crippen LogP contribution in [0, 0.1) is 17.8 Å². The Kier molecular flexibility index (Phi) is 2.18. The van der Waals surface area contributed by atoms with Gasteiger partial charge in [0.1, 0.15) is 6.10 Å². The van der Waals surface area contributed by atoms with Gasteiger partial charge in [-0.2, -0.15) is 0 Å². The third kappa shape index (κ3) is 1.19. The number of hydrogen-bond donors (Lipinski definition) is 0. The third-order valence-corrected chi connectivity index (χ3v) is 5.43. The fourth-order valence-corrected chi connectivity index (χ4v) is 4.71. The Morgan fingerprint density at radius 1 is 1.33 bits per heavy atom. The molecule has 1 aromatic rings. The third-order valence-electron chi connectivity index (χ3n) is 5.43. The van der Waals surface area contributed by atoms with Gasteiger partial charge in [-0.15, -0.1) is 0 Å². The van der Waals surface area contributed by atoms with Crippen molar-refractivity contribution in [3.8, 4) is 11.5 Å². The molecule has 1 aromatic carbocycles. The minimum absolute atomic E-state index is 0.434. The van der Waals surface area contributed by atoms with E-state index in [0.717, 1.165) is 29.3 Å². The van der Waals surface area contributed by atoms with Crippen LogP contribution in [0.2, 0.25) is 0 Å². The monoisotopic (exact) mass is 244 g/mol. The summed E-state index contributed by atoms with van der Waals surface area (Å²) in [5.41, 5.74) is 1.41. The topological polar surface area (TPSA) is 18.5 Å². The molecule has 0 saturated heterocycles. The minimum Gasteiger partial charge on any atom is -0.493 e. The number of benzene rings is 1. The molecule has 0 N–H and O–H groups in total. The van der Waals surface area contributed by atoms with Crippen LogP contribution in [0.1, 0.15) is 37.7 Å². The standard InChI is InChI=1S/C16H20O2/c1-3-9-7-10-8-12(9)14-11-5-4-6-13(17-2)16(11)18-15(10)14/h4-6,9-10,12,14-15H,3,7-8H2,1-2H3/t9-,10-,12-,14-,15+/m1/s1. The van der Waals surface area contributed by atoms with E-state index in [-0.39, 0.29) is 0 Å². The summed E-state index contributed by atoms with van der Waals surface area (Å²) in [6.45, 7) is 2.34. The minimum atomic E-state index is 0.434. The highest BCUT2D eigenvalue weighted by Gasteiger charge is 2.57. The smallest absolute Gasteiger partial charge is 0.165 e. The van der Waals surface area contributed by atoms with Crippen LogP contribution >= 0.6 is 0 Å². The van der Waals surface area contributed by atoms with E-state index >= 15 is 0 Å². The van der Waals surface area contributed by atoms with Gasteiger partial charge in [0.05, 0.1) is 7.11 Å². The maximum absolute atomic E-state index is 6.25. The lowest BCUT2D eigenvalue weighted by atomic mass is 9.75. The van der Waals surface area contributed by atoms with Crippen LogP contribution < -0.4 is 9.47 Å². The van der Waals surface area contributed by atoms with Gasteiger partial charge in [0.25, 0.3) is 0 Å². The van der Waals surface area contributed by atoms with Gasteiger partial charge in [-0.25, -0.2) is 0 Å². The molecule has 5 atom stereocenters. The molecular weight excluding hydrogens is 224 g/mol. The molecule has 0 aromatic heterocycles. The Hall–Kier alpha value is -1.18. The van der Waals surface area contributed by atoms with E-state index < -0.39 is 0 Å². The van der Waals surface area contributed by atoms with Crippen LogP contribution in [0.25, 0.3) is 0 Å². The van der Waals surface area contributed by atoms with Crippen molar-refractivity contribution in [2.24, 2.45) is 17.8 Å². The maximum Gasteiger partial charge on any atom is 0.165 e. The average Bonchev–Trinajstić information content (AvgIpc) is 3.06. The van der Waals surface area contributed by atoms with Gasteiger partial charge < -0.3 is 9.47 Å². The average molecular weight is 244 g/mol. The summed E-state index contributed by atoms with van der Waals surface area (Å²) in [7, 11) is 1.73. The lowest BCUT2D eigenvalue weighted by Crippen LogP contribution is -2.30. The fraction of sp³-hybridized carbons (Fsp3) is 0.625. The SMILES string of the molecule is CC[C@@H]1C[C@@H]2C[C@H]1[C@H]1c3cccc(OC)c3O[C@@H]21. The molecule has 0 amide bonds. The van der Waals surface area contributed by atoms with Gasteiger partial charge in [0, 0.05) is 11.5 Å². The number of fused-ring (bicyclic) bond motifs is 7. The van der Waals surface area contributed by atoms with E-state index in [2.05, 4.69) is 19.1 Å². The van der Waals surface area contributed by atoms with Crippen LogP contribution in [-0.2, 0) is 0 Å². The van der Waals surface area contributed by atoms with Gasteiger partial charge in [-0.05, 0) is 36.7 Å². The first-order valence-corrected chi connectivity index (χ1v) is 7.17. The Labute approximate surface area is 108 Å². The molecule has 3 aliphatic rings. The molecule has 2 heteroatoms. The second-order valence-corrected chi connectivity index (χ2v) is 6.05. The zero-order chi connectivity index (χ0) is 12.3. The maximum atomic E-state index is 6.25. The molecule has 1 aliphatic heterocycles. The molecule has 96 valence electrons. The van der Waals surface area contributed by atoms with Crippen molar-refractivity contribution >= 4 is 0 Å². The molecule has 2 nitrogen and oxygen atoms in total. The Bertz CT molecular complexity index is 482. The van der Waals surface area contributed by atoms with Crippen LogP contribution in [0.4, 0.5) is 0 Å². The van der Waals surface area contributed by atoms with Crippen molar-refractivity contribution in [3.63, 3.8) is 0 Å². The van der Waals surface area contributed by atoms with Gasteiger partial charge in [-0.3, -0.25) is 0 Å². The summed E-state index contributed by atoms with van der Waals surface area (Å²) in [4.78, 5) is 0. The number of para-hydroxylation sites is 1. The van der Waals surface area contributed by atoms with E-state index in [1.807, 2.05) is 6.07 Å². The van der Waals surface area contributed by atoms with E-state index in [0.29, 0.717) is 12.0 Å². The second kappa shape index (κ2) is 3.66. The second-order valence-electron chi connectivity index (χ2n) is 6.05. The molecule has 4 rings (SSSR count). The number of rotatable bonds is 2. The molecule has 1 heterocycles. The van der Waals surface area contributed by atoms with Crippen molar-refractivity contribution < 1.29 is 9.47 Å². The highest BCUT2D eigenvalue weighted by atomic mass is 16.5. The molecule has 2 fully saturated rings. The largest absolute Gasteiger partial charge is 0.493 e. The Morgan fingerprint density at radius 3 is 3.00 bits per heavy atom. The van der Waals surface area contributed by atoms with Crippen LogP contribution in [0.3, 0.4) is 0 Å². The van der Waals surface area contributed by atoms with Crippen LogP contribution in [0.15, 0.2) is 18.2 Å². The first-order chi connectivity index (χ1) is 8.83. The quantitative estimate of drug-likeness (QED) is 0.791. The molecule has 0 spiro atoms. The van der Waals surface area contributed by atoms with Crippen molar-refractivity contribution in [1.29, 1.82) is 0 Å². The van der Waals surface area contributed by atoms with Crippen molar-refractivity contribution in [2.75, 3.05) is 7.11 Å². The first-order valence-electron chi connectivity index (χ1n) is 7.17. The normalized spacial score (nSPS) is 39.3. The first kappa shape index (κ1) is 10.7. The van der Waals surface area contributed by atoms with Crippen molar-refractivity contribution in [3.05, 3.63) is 23.8 Å². The summed E-state index contributed by atoms with van der Waals surface area (Å²) in [5, 5.41) is 0. The Balaban J connectivity index is 1.77. The lowest BCUT2D eigenvalue weighted by molar-refractivity contribution is 0.120. The molecule has 0 unspecified atom stereocenters. The van der Waals surface area contributed by atoms with Gasteiger partial charge >= 0.3 is 0 Å². The lowest BCUT2D eigenvalue weighted by Gasteiger charge is -2.29. The highest BCUT2D eigenvalue weighted by molar-refractivity contribution is 5.53.